The van der Waals surface area contributed by atoms with Gasteiger partial charge in [0.05, 0.1) is 16.9 Å². The summed E-state index contributed by atoms with van der Waals surface area (Å²) in [5.74, 6) is -1.25. The maximum absolute atomic E-state index is 12.3. The first-order chi connectivity index (χ1) is 12.5. The number of benzene rings is 2. The topological polar surface area (TPSA) is 153 Å². The SMILES string of the molecule is COc1ccc(S(=O)(=O)NCCc2ccc(S(N)(=O)=O)cc2)cc1C(=O)O. The third-order valence-corrected chi connectivity index (χ3v) is 6.06. The van der Waals surface area contributed by atoms with Crippen LogP contribution in [0.1, 0.15) is 15.9 Å². The zero-order valence-electron chi connectivity index (χ0n) is 14.2. The van der Waals surface area contributed by atoms with Crippen LogP contribution in [0, 0.1) is 0 Å². The maximum Gasteiger partial charge on any atom is 0.339 e. The summed E-state index contributed by atoms with van der Waals surface area (Å²) < 4.78 is 54.4. The van der Waals surface area contributed by atoms with Gasteiger partial charge in [-0.3, -0.25) is 0 Å². The van der Waals surface area contributed by atoms with Gasteiger partial charge in [-0.05, 0) is 42.3 Å². The van der Waals surface area contributed by atoms with Crippen molar-refractivity contribution in [1.82, 2.24) is 4.72 Å². The molecule has 0 amide bonds. The van der Waals surface area contributed by atoms with Crippen molar-refractivity contribution in [2.45, 2.75) is 16.2 Å². The van der Waals surface area contributed by atoms with Gasteiger partial charge in [0.2, 0.25) is 20.0 Å². The normalized spacial score (nSPS) is 11.9. The van der Waals surface area contributed by atoms with Crippen molar-refractivity contribution in [3.8, 4) is 5.75 Å². The van der Waals surface area contributed by atoms with E-state index in [2.05, 4.69) is 4.72 Å². The minimum absolute atomic E-state index is 0.0332. The molecular formula is C16H18N2O7S2. The Bertz CT molecular complexity index is 1050. The second kappa shape index (κ2) is 8.05. The van der Waals surface area contributed by atoms with E-state index in [1.165, 1.54) is 43.5 Å². The predicted octanol–water partition coefficient (Wildman–Crippen LogP) is 0.562. The first kappa shape index (κ1) is 20.8. The number of carboxylic acids is 1. The minimum atomic E-state index is -3.93. The molecule has 2 rings (SSSR count). The van der Waals surface area contributed by atoms with Gasteiger partial charge < -0.3 is 9.84 Å². The summed E-state index contributed by atoms with van der Waals surface area (Å²) in [5.41, 5.74) is 0.435. The van der Waals surface area contributed by atoms with Crippen LogP contribution in [-0.4, -0.2) is 41.6 Å². The highest BCUT2D eigenvalue weighted by molar-refractivity contribution is 7.89. The molecule has 0 unspecified atom stereocenters. The van der Waals surface area contributed by atoms with Gasteiger partial charge >= 0.3 is 5.97 Å². The lowest BCUT2D eigenvalue weighted by Gasteiger charge is -2.10. The Hall–Kier alpha value is -2.47. The Labute approximate surface area is 156 Å². The number of rotatable bonds is 8. The van der Waals surface area contributed by atoms with Gasteiger partial charge in [0.15, 0.2) is 0 Å². The molecule has 2 aromatic rings. The van der Waals surface area contributed by atoms with Crippen LogP contribution in [0.25, 0.3) is 0 Å². The summed E-state index contributed by atoms with van der Waals surface area (Å²) in [6.07, 6.45) is 0.298. The number of hydrogen-bond donors (Lipinski definition) is 3. The lowest BCUT2D eigenvalue weighted by molar-refractivity contribution is 0.0693. The molecule has 2 aromatic carbocycles. The van der Waals surface area contributed by atoms with Crippen molar-refractivity contribution in [3.63, 3.8) is 0 Å². The number of hydrogen-bond acceptors (Lipinski definition) is 6. The number of sulfonamides is 2. The zero-order valence-corrected chi connectivity index (χ0v) is 15.9. The van der Waals surface area contributed by atoms with Crippen LogP contribution in [0.15, 0.2) is 52.3 Å². The van der Waals surface area contributed by atoms with Crippen LogP contribution in [0.2, 0.25) is 0 Å². The van der Waals surface area contributed by atoms with Gasteiger partial charge in [0.1, 0.15) is 11.3 Å². The molecule has 0 radical (unpaired) electrons. The minimum Gasteiger partial charge on any atom is -0.496 e. The molecule has 0 heterocycles. The molecule has 0 saturated heterocycles. The van der Waals surface area contributed by atoms with Gasteiger partial charge in [-0.2, -0.15) is 0 Å². The van der Waals surface area contributed by atoms with Crippen molar-refractivity contribution in [2.75, 3.05) is 13.7 Å². The fourth-order valence-electron chi connectivity index (χ4n) is 2.28. The van der Waals surface area contributed by atoms with E-state index in [9.17, 15) is 21.6 Å². The Balaban J connectivity index is 2.09. The van der Waals surface area contributed by atoms with Crippen LogP contribution in [0.4, 0.5) is 0 Å². The fraction of sp³-hybridized carbons (Fsp3) is 0.188. The summed E-state index contributed by atoms with van der Waals surface area (Å²) in [5, 5.41) is 14.2. The first-order valence-corrected chi connectivity index (χ1v) is 10.6. The predicted molar refractivity (Wildman–Crippen MR) is 96.7 cm³/mol. The standard InChI is InChI=1S/C16H18N2O7S2/c1-25-15-7-6-13(10-14(15)16(19)20)27(23,24)18-9-8-11-2-4-12(5-3-11)26(17,21)22/h2-7,10,18H,8-9H2,1H3,(H,19,20)(H2,17,21,22). The molecule has 0 aliphatic rings. The number of nitrogens with one attached hydrogen (secondary N) is 1. The number of carbonyl (C=O) groups is 1. The quantitative estimate of drug-likeness (QED) is 0.570. The molecule has 0 bridgehead atoms. The number of primary sulfonamides is 1. The molecule has 0 fully saturated rings. The molecule has 0 aliphatic carbocycles. The number of methoxy groups -OCH3 is 1. The Morgan fingerprint density at radius 1 is 1.07 bits per heavy atom. The van der Waals surface area contributed by atoms with E-state index in [0.717, 1.165) is 6.07 Å². The van der Waals surface area contributed by atoms with Gasteiger partial charge in [0, 0.05) is 6.54 Å². The highest BCUT2D eigenvalue weighted by Crippen LogP contribution is 2.22. The summed E-state index contributed by atoms with van der Waals surface area (Å²) in [7, 11) is -6.43. The smallest absolute Gasteiger partial charge is 0.339 e. The van der Waals surface area contributed by atoms with Gasteiger partial charge in [-0.15, -0.1) is 0 Å². The summed E-state index contributed by atoms with van der Waals surface area (Å²) in [4.78, 5) is 11.0. The Morgan fingerprint density at radius 2 is 1.67 bits per heavy atom. The lowest BCUT2D eigenvalue weighted by Crippen LogP contribution is -2.26. The average molecular weight is 414 g/mol. The monoisotopic (exact) mass is 414 g/mol. The van der Waals surface area contributed by atoms with Crippen LogP contribution >= 0.6 is 0 Å². The van der Waals surface area contributed by atoms with E-state index in [1.54, 1.807) is 0 Å². The van der Waals surface area contributed by atoms with Gasteiger partial charge in [0.25, 0.3) is 0 Å². The van der Waals surface area contributed by atoms with Crippen LogP contribution < -0.4 is 14.6 Å². The second-order valence-electron chi connectivity index (χ2n) is 5.50. The fourth-order valence-corrected chi connectivity index (χ4v) is 3.85. The van der Waals surface area contributed by atoms with E-state index in [0.29, 0.717) is 12.0 Å². The summed E-state index contributed by atoms with van der Waals surface area (Å²) >= 11 is 0. The van der Waals surface area contributed by atoms with E-state index in [-0.39, 0.29) is 27.6 Å². The molecule has 0 atom stereocenters. The van der Waals surface area contributed by atoms with Crippen molar-refractivity contribution in [3.05, 3.63) is 53.6 Å². The third kappa shape index (κ3) is 5.26. The van der Waals surface area contributed by atoms with Crippen LogP contribution in [-0.2, 0) is 26.5 Å². The van der Waals surface area contributed by atoms with Crippen molar-refractivity contribution < 1.29 is 31.5 Å². The maximum atomic E-state index is 12.3. The lowest BCUT2D eigenvalue weighted by atomic mass is 10.2. The summed E-state index contributed by atoms with van der Waals surface area (Å²) in [6.45, 7) is 0.0332. The van der Waals surface area contributed by atoms with E-state index >= 15 is 0 Å². The van der Waals surface area contributed by atoms with E-state index in [1.807, 2.05) is 0 Å². The number of ether oxygens (including phenoxy) is 1. The highest BCUT2D eigenvalue weighted by atomic mass is 32.2. The molecule has 0 saturated carbocycles. The first-order valence-electron chi connectivity index (χ1n) is 7.57. The van der Waals surface area contributed by atoms with Crippen LogP contribution in [0.3, 0.4) is 0 Å². The second-order valence-corrected chi connectivity index (χ2v) is 8.83. The highest BCUT2D eigenvalue weighted by Gasteiger charge is 2.19. The van der Waals surface area contributed by atoms with Gasteiger partial charge in [-0.25, -0.2) is 31.5 Å². The molecule has 9 nitrogen and oxygen atoms in total. The number of aromatic carboxylic acids is 1. The number of nitrogens with two attached hydrogens (primary N) is 1. The van der Waals surface area contributed by atoms with Crippen molar-refractivity contribution in [1.29, 1.82) is 0 Å². The van der Waals surface area contributed by atoms with Crippen molar-refractivity contribution >= 4 is 26.0 Å². The summed E-state index contributed by atoms with van der Waals surface area (Å²) in [6, 6.07) is 9.26. The Morgan fingerprint density at radius 3 is 2.19 bits per heavy atom. The molecular weight excluding hydrogens is 396 g/mol. The molecule has 4 N–H and O–H groups in total. The third-order valence-electron chi connectivity index (χ3n) is 3.67. The molecule has 0 spiro atoms. The number of carboxylic acid groups (broad SMARTS) is 1. The van der Waals surface area contributed by atoms with E-state index in [4.69, 9.17) is 15.0 Å². The zero-order chi connectivity index (χ0) is 20.2. The average Bonchev–Trinajstić information content (AvgIpc) is 2.60. The van der Waals surface area contributed by atoms with Gasteiger partial charge in [-0.1, -0.05) is 12.1 Å². The Kier molecular flexibility index (Phi) is 6.21. The molecule has 0 aromatic heterocycles. The van der Waals surface area contributed by atoms with E-state index < -0.39 is 26.0 Å². The molecule has 11 heteroatoms. The molecule has 0 aliphatic heterocycles. The molecule has 27 heavy (non-hydrogen) atoms. The van der Waals surface area contributed by atoms with Crippen LogP contribution in [0.5, 0.6) is 5.75 Å². The van der Waals surface area contributed by atoms with Crippen molar-refractivity contribution in [2.24, 2.45) is 5.14 Å². The largest absolute Gasteiger partial charge is 0.496 e. The molecule has 146 valence electrons.